The molecule has 0 aromatic carbocycles. The van der Waals surface area contributed by atoms with Gasteiger partial charge in [-0.3, -0.25) is 4.79 Å². The highest BCUT2D eigenvalue weighted by Gasteiger charge is 2.33. The monoisotopic (exact) mass is 203 g/mol. The molecule has 0 bridgehead atoms. The van der Waals surface area contributed by atoms with Gasteiger partial charge in [0.15, 0.2) is 0 Å². The number of carboxylic acids is 1. The molecule has 0 spiro atoms. The quantitative estimate of drug-likeness (QED) is 0.721. The lowest BCUT2D eigenvalue weighted by Crippen LogP contribution is -2.47. The zero-order valence-corrected chi connectivity index (χ0v) is 9.63. The first kappa shape index (κ1) is 13.4. The Labute approximate surface area is 85.4 Å². The third-order valence-electron chi connectivity index (χ3n) is 1.99. The fourth-order valence-corrected chi connectivity index (χ4v) is 0.827. The van der Waals surface area contributed by atoms with Crippen LogP contribution in [0.4, 0.5) is 0 Å². The Kier molecular flexibility index (Phi) is 4.09. The molecule has 0 aromatic rings. The normalized spacial score (nSPS) is 15.3. The molecule has 4 nitrogen and oxygen atoms in total. The molecule has 3 N–H and O–H groups in total. The summed E-state index contributed by atoms with van der Waals surface area (Å²) in [6, 6.07) is -0.898. The summed E-state index contributed by atoms with van der Waals surface area (Å²) in [6.07, 6.45) is 0. The maximum absolute atomic E-state index is 10.7. The molecule has 0 fully saturated rings. The average molecular weight is 203 g/mol. The largest absolute Gasteiger partial charge is 0.480 e. The fourth-order valence-electron chi connectivity index (χ4n) is 0.827. The molecule has 84 valence electrons. The lowest BCUT2D eigenvalue weighted by Gasteiger charge is -2.32. The number of nitrogens with two attached hydrogens (primary N) is 1. The van der Waals surface area contributed by atoms with E-state index in [1.807, 2.05) is 20.8 Å². The average Bonchev–Trinajstić information content (AvgIpc) is 1.98. The molecule has 0 saturated carbocycles. The highest BCUT2D eigenvalue weighted by Crippen LogP contribution is 2.22. The Hall–Kier alpha value is -0.610. The van der Waals surface area contributed by atoms with Crippen LogP contribution in [0.2, 0.25) is 0 Å². The third kappa shape index (κ3) is 4.58. The summed E-state index contributed by atoms with van der Waals surface area (Å²) in [5, 5.41) is 8.77. The predicted octanol–water partition coefficient (Wildman–Crippen LogP) is 1.24. The number of hydrogen-bond donors (Lipinski definition) is 2. The molecule has 0 aliphatic heterocycles. The van der Waals surface area contributed by atoms with Crippen molar-refractivity contribution in [1.29, 1.82) is 0 Å². The van der Waals surface area contributed by atoms with Crippen molar-refractivity contribution < 1.29 is 14.6 Å². The Morgan fingerprint density at radius 3 is 2.07 bits per heavy atom. The SMILES string of the molecule is CC(C)(C)OCC(C)(C)C(N)C(=O)O. The summed E-state index contributed by atoms with van der Waals surface area (Å²) in [6.45, 7) is 9.69. The minimum absolute atomic E-state index is 0.268. The van der Waals surface area contributed by atoms with E-state index >= 15 is 0 Å². The molecule has 4 heteroatoms. The van der Waals surface area contributed by atoms with Crippen molar-refractivity contribution in [1.82, 2.24) is 0 Å². The number of aliphatic carboxylic acids is 1. The van der Waals surface area contributed by atoms with Crippen molar-refractivity contribution >= 4 is 5.97 Å². The number of carbonyl (C=O) groups is 1. The minimum Gasteiger partial charge on any atom is -0.480 e. The van der Waals surface area contributed by atoms with Crippen LogP contribution in [0.25, 0.3) is 0 Å². The van der Waals surface area contributed by atoms with E-state index in [-0.39, 0.29) is 5.60 Å². The molecule has 0 saturated heterocycles. The van der Waals surface area contributed by atoms with Gasteiger partial charge in [0.25, 0.3) is 0 Å². The van der Waals surface area contributed by atoms with E-state index in [1.165, 1.54) is 0 Å². The van der Waals surface area contributed by atoms with Gasteiger partial charge in [-0.25, -0.2) is 0 Å². The fraction of sp³-hybridized carbons (Fsp3) is 0.900. The summed E-state index contributed by atoms with van der Waals surface area (Å²) in [4.78, 5) is 10.7. The van der Waals surface area contributed by atoms with E-state index in [0.717, 1.165) is 0 Å². The van der Waals surface area contributed by atoms with Gasteiger partial charge < -0.3 is 15.6 Å². The van der Waals surface area contributed by atoms with Crippen LogP contribution in [0.3, 0.4) is 0 Å². The molecule has 0 aliphatic rings. The van der Waals surface area contributed by atoms with Crippen molar-refractivity contribution in [3.8, 4) is 0 Å². The molecular formula is C10H21NO3. The van der Waals surface area contributed by atoms with Crippen LogP contribution in [-0.2, 0) is 9.53 Å². The van der Waals surface area contributed by atoms with Crippen molar-refractivity contribution in [2.75, 3.05) is 6.61 Å². The molecule has 1 unspecified atom stereocenters. The molecule has 0 aromatic heterocycles. The maximum Gasteiger partial charge on any atom is 0.321 e. The zero-order valence-electron chi connectivity index (χ0n) is 9.63. The highest BCUT2D eigenvalue weighted by atomic mass is 16.5. The van der Waals surface area contributed by atoms with Crippen molar-refractivity contribution in [2.45, 2.75) is 46.3 Å². The Morgan fingerprint density at radius 1 is 1.36 bits per heavy atom. The molecule has 1 atom stereocenters. The summed E-state index contributed by atoms with van der Waals surface area (Å²) < 4.78 is 5.52. The number of ether oxygens (including phenoxy) is 1. The first-order valence-electron chi connectivity index (χ1n) is 4.68. The Bertz CT molecular complexity index is 206. The first-order valence-corrected chi connectivity index (χ1v) is 4.68. The van der Waals surface area contributed by atoms with Gasteiger partial charge in [0.2, 0.25) is 0 Å². The lowest BCUT2D eigenvalue weighted by molar-refractivity contribution is -0.144. The van der Waals surface area contributed by atoms with Crippen LogP contribution < -0.4 is 5.73 Å². The van der Waals surface area contributed by atoms with Gasteiger partial charge in [-0.05, 0) is 20.8 Å². The van der Waals surface area contributed by atoms with E-state index in [2.05, 4.69) is 0 Å². The van der Waals surface area contributed by atoms with Gasteiger partial charge in [-0.2, -0.15) is 0 Å². The second-order valence-corrected chi connectivity index (χ2v) is 5.21. The van der Waals surface area contributed by atoms with Crippen LogP contribution in [0.15, 0.2) is 0 Å². The van der Waals surface area contributed by atoms with Gasteiger partial charge in [0.1, 0.15) is 6.04 Å². The molecule has 0 aliphatic carbocycles. The van der Waals surface area contributed by atoms with Crippen LogP contribution in [0, 0.1) is 5.41 Å². The van der Waals surface area contributed by atoms with Crippen LogP contribution in [0.1, 0.15) is 34.6 Å². The summed E-state index contributed by atoms with van der Waals surface area (Å²) in [5.74, 6) is -0.993. The van der Waals surface area contributed by atoms with E-state index in [9.17, 15) is 4.79 Å². The molecular weight excluding hydrogens is 182 g/mol. The van der Waals surface area contributed by atoms with E-state index < -0.39 is 17.4 Å². The molecule has 0 radical (unpaired) electrons. The van der Waals surface area contributed by atoms with Crippen LogP contribution >= 0.6 is 0 Å². The summed E-state index contributed by atoms with van der Waals surface area (Å²) >= 11 is 0. The standard InChI is InChI=1S/C10H21NO3/c1-9(2,3)14-6-10(4,5)7(11)8(12)13/h7H,6,11H2,1-5H3,(H,12,13). The van der Waals surface area contributed by atoms with Crippen molar-refractivity contribution in [3.63, 3.8) is 0 Å². The molecule has 14 heavy (non-hydrogen) atoms. The molecule has 0 heterocycles. The van der Waals surface area contributed by atoms with Gasteiger partial charge in [0.05, 0.1) is 12.2 Å². The summed E-state index contributed by atoms with van der Waals surface area (Å²) in [5.41, 5.74) is 4.72. The first-order chi connectivity index (χ1) is 6.06. The predicted molar refractivity (Wildman–Crippen MR) is 55.1 cm³/mol. The van der Waals surface area contributed by atoms with E-state index in [0.29, 0.717) is 6.61 Å². The second kappa shape index (κ2) is 4.28. The van der Waals surface area contributed by atoms with Crippen LogP contribution in [0.5, 0.6) is 0 Å². The number of rotatable bonds is 4. The third-order valence-corrected chi connectivity index (χ3v) is 1.99. The molecule has 0 rings (SSSR count). The zero-order chi connectivity index (χ0) is 11.6. The van der Waals surface area contributed by atoms with Crippen molar-refractivity contribution in [3.05, 3.63) is 0 Å². The van der Waals surface area contributed by atoms with Gasteiger partial charge in [-0.1, -0.05) is 13.8 Å². The Morgan fingerprint density at radius 2 is 1.79 bits per heavy atom. The van der Waals surface area contributed by atoms with E-state index in [4.69, 9.17) is 15.6 Å². The topological polar surface area (TPSA) is 72.5 Å². The minimum atomic E-state index is -0.993. The van der Waals surface area contributed by atoms with E-state index in [1.54, 1.807) is 13.8 Å². The lowest BCUT2D eigenvalue weighted by atomic mass is 9.86. The second-order valence-electron chi connectivity index (χ2n) is 5.21. The Balaban J connectivity index is 4.27. The van der Waals surface area contributed by atoms with Gasteiger partial charge in [0, 0.05) is 5.41 Å². The summed E-state index contributed by atoms with van der Waals surface area (Å²) in [7, 11) is 0. The smallest absolute Gasteiger partial charge is 0.321 e. The van der Waals surface area contributed by atoms with Gasteiger partial charge >= 0.3 is 5.97 Å². The van der Waals surface area contributed by atoms with Crippen LogP contribution in [-0.4, -0.2) is 29.3 Å². The van der Waals surface area contributed by atoms with Gasteiger partial charge in [-0.15, -0.1) is 0 Å². The number of carboxylic acid groups (broad SMARTS) is 1. The number of hydrogen-bond acceptors (Lipinski definition) is 3. The van der Waals surface area contributed by atoms with Crippen molar-refractivity contribution in [2.24, 2.45) is 11.1 Å². The highest BCUT2D eigenvalue weighted by molar-refractivity contribution is 5.74. The maximum atomic E-state index is 10.7. The molecule has 0 amide bonds.